The van der Waals surface area contributed by atoms with E-state index in [9.17, 15) is 0 Å². The van der Waals surface area contributed by atoms with Crippen LogP contribution in [0.3, 0.4) is 0 Å². The summed E-state index contributed by atoms with van der Waals surface area (Å²) < 4.78 is 1.16. The third-order valence-electron chi connectivity index (χ3n) is 8.41. The summed E-state index contributed by atoms with van der Waals surface area (Å²) in [5.41, 5.74) is 12.2. The molecule has 0 saturated carbocycles. The van der Waals surface area contributed by atoms with E-state index in [1.807, 2.05) is 0 Å². The summed E-state index contributed by atoms with van der Waals surface area (Å²) in [7, 11) is 0. The molecule has 0 amide bonds. The van der Waals surface area contributed by atoms with E-state index in [-0.39, 0.29) is 10.8 Å². The number of fused-ring (bicyclic) bond motifs is 5. The fourth-order valence-electron chi connectivity index (χ4n) is 6.55. The summed E-state index contributed by atoms with van der Waals surface area (Å²) in [5, 5.41) is 0. The maximum atomic E-state index is 3.74. The van der Waals surface area contributed by atoms with E-state index >= 15 is 0 Å². The van der Waals surface area contributed by atoms with E-state index in [0.717, 1.165) is 17.3 Å². The minimum absolute atomic E-state index is 0.0402. The van der Waals surface area contributed by atoms with Crippen LogP contribution in [-0.2, 0) is 10.8 Å². The van der Waals surface area contributed by atoms with Crippen LogP contribution in [0.15, 0.2) is 89.4 Å². The van der Waals surface area contributed by atoms with Crippen LogP contribution in [0.2, 0.25) is 0 Å². The Morgan fingerprint density at radius 3 is 1.76 bits per heavy atom. The summed E-state index contributed by atoms with van der Waals surface area (Å²) >= 11 is 3.74. The van der Waals surface area contributed by atoms with Crippen LogP contribution in [0.4, 0.5) is 17.1 Å². The lowest BCUT2D eigenvalue weighted by atomic mass is 9.73. The highest BCUT2D eigenvalue weighted by molar-refractivity contribution is 9.10. The Morgan fingerprint density at radius 2 is 1.18 bits per heavy atom. The molecule has 34 heavy (non-hydrogen) atoms. The first-order valence-electron chi connectivity index (χ1n) is 12.4. The Morgan fingerprint density at radius 1 is 0.647 bits per heavy atom. The molecule has 0 bridgehead atoms. The number of halogens is 1. The van der Waals surface area contributed by atoms with Crippen LogP contribution in [0, 0.1) is 0 Å². The molecule has 0 fully saturated rings. The minimum Gasteiger partial charge on any atom is -0.310 e. The Labute approximate surface area is 211 Å². The average molecular weight is 509 g/mol. The third kappa shape index (κ3) is 2.78. The maximum absolute atomic E-state index is 3.74. The van der Waals surface area contributed by atoms with Gasteiger partial charge in [-0.25, -0.2) is 0 Å². The molecule has 2 aliphatic rings. The first-order valence-corrected chi connectivity index (χ1v) is 13.2. The highest BCUT2D eigenvalue weighted by Crippen LogP contribution is 2.56. The van der Waals surface area contributed by atoms with Gasteiger partial charge in [-0.3, -0.25) is 0 Å². The molecule has 0 saturated heterocycles. The molecule has 0 N–H and O–H groups in total. The molecule has 1 aliphatic heterocycles. The number of rotatable bonds is 3. The number of para-hydroxylation sites is 2. The molecule has 0 unspecified atom stereocenters. The van der Waals surface area contributed by atoms with Crippen LogP contribution >= 0.6 is 15.9 Å². The van der Waals surface area contributed by atoms with Crippen LogP contribution in [0.25, 0.3) is 11.1 Å². The summed E-state index contributed by atoms with van der Waals surface area (Å²) in [6.45, 7) is 9.37. The molecular formula is C32H30BrN. The van der Waals surface area contributed by atoms with E-state index in [4.69, 9.17) is 0 Å². The van der Waals surface area contributed by atoms with E-state index in [2.05, 4.69) is 133 Å². The van der Waals surface area contributed by atoms with Crippen LogP contribution in [-0.4, -0.2) is 0 Å². The van der Waals surface area contributed by atoms with Crippen molar-refractivity contribution in [2.24, 2.45) is 0 Å². The molecular weight excluding hydrogens is 478 g/mol. The van der Waals surface area contributed by atoms with Gasteiger partial charge in [0.25, 0.3) is 0 Å². The zero-order valence-electron chi connectivity index (χ0n) is 20.3. The average Bonchev–Trinajstić information content (AvgIpc) is 3.13. The predicted octanol–water partition coefficient (Wildman–Crippen LogP) is 9.64. The molecule has 1 heterocycles. The lowest BCUT2D eigenvalue weighted by Crippen LogP contribution is -2.30. The topological polar surface area (TPSA) is 3.24 Å². The molecule has 170 valence electrons. The number of benzene rings is 4. The van der Waals surface area contributed by atoms with Crippen molar-refractivity contribution in [1.82, 2.24) is 0 Å². The van der Waals surface area contributed by atoms with Crippen LogP contribution in [0.5, 0.6) is 0 Å². The molecule has 4 aromatic rings. The summed E-state index contributed by atoms with van der Waals surface area (Å²) in [6, 6.07) is 31.8. The van der Waals surface area contributed by atoms with E-state index in [0.29, 0.717) is 0 Å². The second-order valence-electron chi connectivity index (χ2n) is 10.2. The third-order valence-corrected chi connectivity index (χ3v) is 8.90. The second kappa shape index (κ2) is 7.58. The molecule has 0 radical (unpaired) electrons. The Bertz CT molecular complexity index is 1380. The van der Waals surface area contributed by atoms with Gasteiger partial charge < -0.3 is 4.90 Å². The fourth-order valence-corrected chi connectivity index (χ4v) is 6.91. The van der Waals surface area contributed by atoms with Gasteiger partial charge in [0.05, 0.1) is 11.4 Å². The Balaban J connectivity index is 1.61. The van der Waals surface area contributed by atoms with Crippen molar-refractivity contribution in [1.29, 1.82) is 0 Å². The van der Waals surface area contributed by atoms with Gasteiger partial charge in [-0.05, 0) is 82.6 Å². The molecule has 0 atom stereocenters. The predicted molar refractivity (Wildman–Crippen MR) is 148 cm³/mol. The number of hydrogen-bond donors (Lipinski definition) is 0. The van der Waals surface area contributed by atoms with Gasteiger partial charge in [0.1, 0.15) is 0 Å². The normalized spacial score (nSPS) is 16.4. The first-order chi connectivity index (χ1) is 16.4. The first kappa shape index (κ1) is 21.7. The van der Waals surface area contributed by atoms with Gasteiger partial charge in [0, 0.05) is 21.0 Å². The number of nitrogens with zero attached hydrogens (tertiary/aromatic N) is 1. The van der Waals surface area contributed by atoms with E-state index in [1.165, 1.54) is 50.4 Å². The van der Waals surface area contributed by atoms with E-state index < -0.39 is 0 Å². The summed E-state index contributed by atoms with van der Waals surface area (Å²) in [5.74, 6) is 0. The molecule has 6 rings (SSSR count). The molecule has 1 nitrogen and oxygen atoms in total. The largest absolute Gasteiger partial charge is 0.310 e. The zero-order chi connectivity index (χ0) is 23.7. The summed E-state index contributed by atoms with van der Waals surface area (Å²) in [4.78, 5) is 2.48. The lowest BCUT2D eigenvalue weighted by molar-refractivity contribution is 0.490. The SMILES string of the molecule is CCC1(CC)c2cc(Br)ccc2-c2ccc(N3c4ccccc4C(C)(C)c4ccccc43)cc21. The van der Waals surface area contributed by atoms with Crippen LogP contribution in [0.1, 0.15) is 62.8 Å². The number of anilines is 3. The van der Waals surface area contributed by atoms with Crippen molar-refractivity contribution in [3.05, 3.63) is 112 Å². The maximum Gasteiger partial charge on any atom is 0.0502 e. The van der Waals surface area contributed by atoms with Crippen molar-refractivity contribution in [3.8, 4) is 11.1 Å². The zero-order valence-corrected chi connectivity index (χ0v) is 21.9. The monoisotopic (exact) mass is 507 g/mol. The van der Waals surface area contributed by atoms with Gasteiger partial charge in [0.2, 0.25) is 0 Å². The fraction of sp³-hybridized carbons (Fsp3) is 0.250. The molecule has 2 heteroatoms. The van der Waals surface area contributed by atoms with Crippen LogP contribution < -0.4 is 4.90 Å². The van der Waals surface area contributed by atoms with Gasteiger partial charge in [0.15, 0.2) is 0 Å². The van der Waals surface area contributed by atoms with Gasteiger partial charge in [-0.15, -0.1) is 0 Å². The molecule has 0 aromatic heterocycles. The van der Waals surface area contributed by atoms with Crippen molar-refractivity contribution in [2.75, 3.05) is 4.90 Å². The van der Waals surface area contributed by atoms with Crippen molar-refractivity contribution < 1.29 is 0 Å². The smallest absolute Gasteiger partial charge is 0.0502 e. The minimum atomic E-state index is -0.0421. The van der Waals surface area contributed by atoms with E-state index in [1.54, 1.807) is 0 Å². The van der Waals surface area contributed by atoms with Gasteiger partial charge in [-0.1, -0.05) is 92.2 Å². The Kier molecular flexibility index (Phi) is 4.83. The van der Waals surface area contributed by atoms with Crippen molar-refractivity contribution in [3.63, 3.8) is 0 Å². The van der Waals surface area contributed by atoms with Gasteiger partial charge in [-0.2, -0.15) is 0 Å². The highest BCUT2D eigenvalue weighted by atomic mass is 79.9. The molecule has 0 spiro atoms. The molecule has 4 aromatic carbocycles. The standard InChI is InChI=1S/C32H30BrN/c1-5-32(6-2)27-19-21(33)15-17-23(27)24-18-16-22(20-28(24)32)34-29-13-9-7-11-25(29)31(3,4)26-12-8-10-14-30(26)34/h7-20H,5-6H2,1-4H3. The molecule has 1 aliphatic carbocycles. The lowest BCUT2D eigenvalue weighted by Gasteiger charge is -2.42. The Hall–Kier alpha value is -2.84. The highest BCUT2D eigenvalue weighted by Gasteiger charge is 2.42. The second-order valence-corrected chi connectivity index (χ2v) is 11.1. The summed E-state index contributed by atoms with van der Waals surface area (Å²) in [6.07, 6.45) is 2.17. The quantitative estimate of drug-likeness (QED) is 0.266. The van der Waals surface area contributed by atoms with Crippen molar-refractivity contribution in [2.45, 2.75) is 51.4 Å². The van der Waals surface area contributed by atoms with Gasteiger partial charge >= 0.3 is 0 Å². The van der Waals surface area contributed by atoms with Crippen molar-refractivity contribution >= 4 is 33.0 Å². The number of hydrogen-bond acceptors (Lipinski definition) is 1.